The van der Waals surface area contributed by atoms with Crippen molar-refractivity contribution in [2.24, 2.45) is 0 Å². The third-order valence-corrected chi connectivity index (χ3v) is 6.40. The number of methoxy groups -OCH3 is 1. The van der Waals surface area contributed by atoms with E-state index in [0.717, 1.165) is 22.5 Å². The van der Waals surface area contributed by atoms with Crippen LogP contribution in [0.4, 0.5) is 5.69 Å². The molecule has 0 fully saturated rings. The van der Waals surface area contributed by atoms with Crippen LogP contribution in [0, 0.1) is 13.8 Å². The smallest absolute Gasteiger partial charge is 0.323 e. The highest BCUT2D eigenvalue weighted by atomic mass is 16.5. The SMILES string of the molecule is COC(=O)[C@H](Cc1cnc[nH]1)NC1(c2ccccc2)C(=O)Nc2ccc(-c3c(C)noc3C)cc21. The Morgan fingerprint density at radius 1 is 1.20 bits per heavy atom. The lowest BCUT2D eigenvalue weighted by Crippen LogP contribution is -2.56. The van der Waals surface area contributed by atoms with Crippen LogP contribution in [-0.4, -0.2) is 40.2 Å². The number of aromatic nitrogens is 3. The average molecular weight is 472 g/mol. The molecule has 4 aromatic rings. The van der Waals surface area contributed by atoms with Crippen molar-refractivity contribution in [1.82, 2.24) is 20.4 Å². The van der Waals surface area contributed by atoms with E-state index < -0.39 is 17.6 Å². The molecule has 2 aromatic carbocycles. The summed E-state index contributed by atoms with van der Waals surface area (Å²) in [6.07, 6.45) is 3.45. The van der Waals surface area contributed by atoms with Crippen molar-refractivity contribution in [3.8, 4) is 11.1 Å². The third-order valence-electron chi connectivity index (χ3n) is 6.40. The van der Waals surface area contributed by atoms with Gasteiger partial charge in [0.1, 0.15) is 11.8 Å². The second-order valence-electron chi connectivity index (χ2n) is 8.53. The second kappa shape index (κ2) is 8.84. The van der Waals surface area contributed by atoms with Gasteiger partial charge in [0, 0.05) is 35.1 Å². The molecule has 0 bridgehead atoms. The number of nitrogens with one attached hydrogen (secondary N) is 3. The summed E-state index contributed by atoms with van der Waals surface area (Å²) in [5.41, 5.74) is 3.94. The summed E-state index contributed by atoms with van der Waals surface area (Å²) in [5, 5.41) is 10.4. The summed E-state index contributed by atoms with van der Waals surface area (Å²) in [6.45, 7) is 3.73. The summed E-state index contributed by atoms with van der Waals surface area (Å²) in [4.78, 5) is 33.7. The number of H-pyrrole nitrogens is 1. The lowest BCUT2D eigenvalue weighted by atomic mass is 9.81. The molecule has 0 aliphatic carbocycles. The van der Waals surface area contributed by atoms with E-state index in [-0.39, 0.29) is 12.3 Å². The molecule has 178 valence electrons. The Balaban J connectivity index is 1.68. The maximum atomic E-state index is 13.8. The second-order valence-corrected chi connectivity index (χ2v) is 8.53. The number of anilines is 1. The van der Waals surface area contributed by atoms with Crippen LogP contribution in [0.25, 0.3) is 11.1 Å². The Morgan fingerprint density at radius 2 is 2.00 bits per heavy atom. The van der Waals surface area contributed by atoms with Crippen molar-refractivity contribution in [1.29, 1.82) is 0 Å². The minimum Gasteiger partial charge on any atom is -0.468 e. The zero-order valence-electron chi connectivity index (χ0n) is 19.6. The number of hydrogen-bond donors (Lipinski definition) is 3. The highest BCUT2D eigenvalue weighted by Gasteiger charge is 2.50. The fourth-order valence-electron chi connectivity index (χ4n) is 4.77. The van der Waals surface area contributed by atoms with Gasteiger partial charge in [-0.25, -0.2) is 4.98 Å². The first-order chi connectivity index (χ1) is 16.9. The third kappa shape index (κ3) is 3.79. The number of fused-ring (bicyclic) bond motifs is 1. The molecule has 1 aliphatic rings. The monoisotopic (exact) mass is 471 g/mol. The zero-order valence-corrected chi connectivity index (χ0v) is 19.6. The van der Waals surface area contributed by atoms with Crippen LogP contribution >= 0.6 is 0 Å². The number of aromatic amines is 1. The largest absolute Gasteiger partial charge is 0.468 e. The summed E-state index contributed by atoms with van der Waals surface area (Å²) >= 11 is 0. The van der Waals surface area contributed by atoms with Gasteiger partial charge < -0.3 is 19.6 Å². The highest BCUT2D eigenvalue weighted by Crippen LogP contribution is 2.44. The van der Waals surface area contributed by atoms with Gasteiger partial charge in [0.25, 0.3) is 5.91 Å². The predicted molar refractivity (Wildman–Crippen MR) is 128 cm³/mol. The van der Waals surface area contributed by atoms with Gasteiger partial charge >= 0.3 is 5.97 Å². The molecule has 0 spiro atoms. The zero-order chi connectivity index (χ0) is 24.6. The molecule has 35 heavy (non-hydrogen) atoms. The number of benzene rings is 2. The van der Waals surface area contributed by atoms with Crippen LogP contribution in [0.3, 0.4) is 0 Å². The quantitative estimate of drug-likeness (QED) is 0.354. The first-order valence-electron chi connectivity index (χ1n) is 11.2. The summed E-state index contributed by atoms with van der Waals surface area (Å²) in [6, 6.07) is 14.3. The maximum Gasteiger partial charge on any atom is 0.323 e. The number of carbonyl (C=O) groups is 2. The Kier molecular flexibility index (Phi) is 5.70. The average Bonchev–Trinajstić information content (AvgIpc) is 3.57. The van der Waals surface area contributed by atoms with Gasteiger partial charge in [-0.15, -0.1) is 0 Å². The maximum absolute atomic E-state index is 13.8. The summed E-state index contributed by atoms with van der Waals surface area (Å²) in [5.74, 6) is -0.0872. The van der Waals surface area contributed by atoms with Crippen molar-refractivity contribution in [2.75, 3.05) is 12.4 Å². The molecule has 5 rings (SSSR count). The van der Waals surface area contributed by atoms with Crippen molar-refractivity contribution >= 4 is 17.6 Å². The van der Waals surface area contributed by atoms with Gasteiger partial charge in [-0.2, -0.15) is 0 Å². The Morgan fingerprint density at radius 3 is 2.66 bits per heavy atom. The Labute approximate surface area is 201 Å². The van der Waals surface area contributed by atoms with Gasteiger partial charge in [-0.1, -0.05) is 41.6 Å². The van der Waals surface area contributed by atoms with Crippen molar-refractivity contribution < 1.29 is 18.8 Å². The van der Waals surface area contributed by atoms with Gasteiger partial charge in [-0.05, 0) is 37.1 Å². The van der Waals surface area contributed by atoms with Crippen LogP contribution < -0.4 is 10.6 Å². The lowest BCUT2D eigenvalue weighted by molar-refractivity contribution is -0.143. The number of aryl methyl sites for hydroxylation is 2. The van der Waals surface area contributed by atoms with E-state index in [0.29, 0.717) is 22.6 Å². The molecular weight excluding hydrogens is 446 g/mol. The van der Waals surface area contributed by atoms with Crippen LogP contribution in [-0.2, 0) is 26.3 Å². The van der Waals surface area contributed by atoms with Crippen molar-refractivity contribution in [3.63, 3.8) is 0 Å². The molecule has 1 amide bonds. The van der Waals surface area contributed by atoms with Gasteiger partial charge in [-0.3, -0.25) is 14.9 Å². The van der Waals surface area contributed by atoms with Gasteiger partial charge in [0.05, 0.1) is 19.1 Å². The number of nitrogens with zero attached hydrogens (tertiary/aromatic N) is 2. The van der Waals surface area contributed by atoms with E-state index in [1.54, 1.807) is 12.5 Å². The van der Waals surface area contributed by atoms with E-state index in [1.807, 2.05) is 62.4 Å². The fourth-order valence-corrected chi connectivity index (χ4v) is 4.77. The van der Waals surface area contributed by atoms with Crippen LogP contribution in [0.15, 0.2) is 65.6 Å². The fraction of sp³-hybridized carbons (Fsp3) is 0.231. The number of amides is 1. The van der Waals surface area contributed by atoms with E-state index in [1.165, 1.54) is 7.11 Å². The predicted octanol–water partition coefficient (Wildman–Crippen LogP) is 3.25. The van der Waals surface area contributed by atoms with E-state index in [9.17, 15) is 9.59 Å². The van der Waals surface area contributed by atoms with Crippen molar-refractivity contribution in [3.05, 3.63) is 89.3 Å². The molecule has 2 aromatic heterocycles. The standard InChI is InChI=1S/C26H25N5O4/c1-15-23(16(2)35-31-15)17-9-10-21-20(11-17)26(25(33)29-21,18-7-5-4-6-8-18)30-22(24(32)34-3)12-19-13-27-14-28-19/h4-11,13-14,22,30H,12H2,1-3H3,(H,27,28)(H,29,33)/t22-,26?/m0/s1. The number of carbonyl (C=O) groups excluding carboxylic acids is 2. The number of hydrogen-bond acceptors (Lipinski definition) is 7. The first-order valence-corrected chi connectivity index (χ1v) is 11.2. The molecule has 1 aliphatic heterocycles. The molecule has 3 N–H and O–H groups in total. The van der Waals surface area contributed by atoms with Crippen molar-refractivity contribution in [2.45, 2.75) is 31.8 Å². The molecule has 0 saturated carbocycles. The van der Waals surface area contributed by atoms with Gasteiger partial charge in [0.15, 0.2) is 5.54 Å². The number of ether oxygens (including phenoxy) is 1. The van der Waals surface area contributed by atoms with Crippen LogP contribution in [0.1, 0.15) is 28.3 Å². The minimum absolute atomic E-state index is 0.257. The van der Waals surface area contributed by atoms with E-state index >= 15 is 0 Å². The Bertz CT molecular complexity index is 1360. The summed E-state index contributed by atoms with van der Waals surface area (Å²) < 4.78 is 10.5. The highest BCUT2D eigenvalue weighted by molar-refractivity contribution is 6.09. The minimum atomic E-state index is -1.34. The molecule has 3 heterocycles. The normalized spacial score (nSPS) is 17.6. The van der Waals surface area contributed by atoms with E-state index in [2.05, 4.69) is 25.8 Å². The number of imidazole rings is 1. The summed E-state index contributed by atoms with van der Waals surface area (Å²) in [7, 11) is 1.33. The number of rotatable bonds is 7. The molecular formula is C26H25N5O4. The molecule has 9 heteroatoms. The van der Waals surface area contributed by atoms with Crippen LogP contribution in [0.2, 0.25) is 0 Å². The first kappa shape index (κ1) is 22.5. The molecule has 0 radical (unpaired) electrons. The molecule has 1 unspecified atom stereocenters. The molecule has 9 nitrogen and oxygen atoms in total. The Hall–Kier alpha value is -4.24. The number of esters is 1. The topological polar surface area (TPSA) is 122 Å². The van der Waals surface area contributed by atoms with Gasteiger partial charge in [0.2, 0.25) is 0 Å². The lowest BCUT2D eigenvalue weighted by Gasteiger charge is -2.33. The van der Waals surface area contributed by atoms with Crippen LogP contribution in [0.5, 0.6) is 0 Å². The molecule has 0 saturated heterocycles. The van der Waals surface area contributed by atoms with E-state index in [4.69, 9.17) is 9.26 Å². The molecule has 2 atom stereocenters.